The van der Waals surface area contributed by atoms with E-state index < -0.39 is 5.72 Å². The highest BCUT2D eigenvalue weighted by Gasteiger charge is 2.42. The van der Waals surface area contributed by atoms with Crippen LogP contribution >= 0.6 is 11.8 Å². The van der Waals surface area contributed by atoms with Crippen LogP contribution in [0.2, 0.25) is 0 Å². The average Bonchev–Trinajstić information content (AvgIpc) is 2.84. The Bertz CT molecular complexity index is 1000. The molecule has 1 atom stereocenters. The van der Waals surface area contributed by atoms with Crippen molar-refractivity contribution in [3.05, 3.63) is 70.8 Å². The van der Waals surface area contributed by atoms with Gasteiger partial charge in [0.15, 0.2) is 5.17 Å². The molecule has 0 aliphatic carbocycles. The third-order valence-corrected chi connectivity index (χ3v) is 6.48. The maximum absolute atomic E-state index is 12.3. The average molecular weight is 481 g/mol. The summed E-state index contributed by atoms with van der Waals surface area (Å²) < 4.78 is 6.58. The van der Waals surface area contributed by atoms with Crippen LogP contribution in [-0.2, 0) is 15.3 Å². The van der Waals surface area contributed by atoms with Crippen molar-refractivity contribution in [1.29, 1.82) is 0 Å². The molecule has 1 amide bonds. The Morgan fingerprint density at radius 2 is 1.65 bits per heavy atom. The number of aliphatic imine (C=N–C) groups is 1. The Morgan fingerprint density at radius 1 is 1.00 bits per heavy atom. The third kappa shape index (κ3) is 6.70. The third-order valence-electron chi connectivity index (χ3n) is 5.61. The van der Waals surface area contributed by atoms with Crippen LogP contribution in [0.25, 0.3) is 0 Å². The molecule has 3 rings (SSSR count). The number of amides is 1. The van der Waals surface area contributed by atoms with E-state index in [2.05, 4.69) is 87.0 Å². The summed E-state index contributed by atoms with van der Waals surface area (Å²) in [5.41, 5.74) is 6.89. The van der Waals surface area contributed by atoms with Crippen molar-refractivity contribution in [2.45, 2.75) is 59.1 Å². The van der Waals surface area contributed by atoms with Gasteiger partial charge in [-0.05, 0) is 26.7 Å². The lowest BCUT2D eigenvalue weighted by Crippen LogP contribution is -2.44. The summed E-state index contributed by atoms with van der Waals surface area (Å²) in [6, 6.07) is 16.5. The molecule has 0 bridgehead atoms. The number of nitrogens with zero attached hydrogens (tertiary/aromatic N) is 2. The minimum atomic E-state index is -1.09. The molecule has 34 heavy (non-hydrogen) atoms. The van der Waals surface area contributed by atoms with E-state index in [0.29, 0.717) is 24.0 Å². The lowest BCUT2D eigenvalue weighted by Gasteiger charge is -2.35. The second kappa shape index (κ2) is 12.7. The van der Waals surface area contributed by atoms with Crippen LogP contribution < -0.4 is 10.7 Å². The summed E-state index contributed by atoms with van der Waals surface area (Å²) in [6.07, 6.45) is 3.95. The van der Waals surface area contributed by atoms with Crippen LogP contribution in [0.5, 0.6) is 0 Å². The molecule has 6 nitrogen and oxygen atoms in total. The van der Waals surface area contributed by atoms with Crippen LogP contribution in [0.3, 0.4) is 0 Å². The van der Waals surface area contributed by atoms with Gasteiger partial charge in [0.25, 0.3) is 0 Å². The quantitative estimate of drug-likeness (QED) is 0.429. The minimum Gasteiger partial charge on any atom is -0.355 e. The predicted octanol–water partition coefficient (Wildman–Crippen LogP) is 5.29. The molecule has 1 heterocycles. The topological polar surface area (TPSA) is 75.1 Å². The SMILES string of the molecule is CCCCNC(=O)CSC1=N[C@](OCCCC)(c2ccc(C)cc2)C(c2ccc(C)cc2)=NN1. The van der Waals surface area contributed by atoms with Gasteiger partial charge in [-0.15, -0.1) is 0 Å². The Balaban J connectivity index is 1.97. The van der Waals surface area contributed by atoms with Gasteiger partial charge in [-0.2, -0.15) is 5.10 Å². The first-order chi connectivity index (χ1) is 16.5. The monoisotopic (exact) mass is 480 g/mol. The molecule has 0 saturated heterocycles. The van der Waals surface area contributed by atoms with Gasteiger partial charge < -0.3 is 10.1 Å². The fraction of sp³-hybridized carbons (Fsp3) is 0.444. The predicted molar refractivity (Wildman–Crippen MR) is 142 cm³/mol. The lowest BCUT2D eigenvalue weighted by atomic mass is 9.91. The van der Waals surface area contributed by atoms with Crippen molar-refractivity contribution in [1.82, 2.24) is 10.7 Å². The number of hydrogen-bond acceptors (Lipinski definition) is 6. The number of hydrazone groups is 1. The van der Waals surface area contributed by atoms with Crippen molar-refractivity contribution in [3.63, 3.8) is 0 Å². The number of carbonyl (C=O) groups is 1. The molecule has 0 saturated carbocycles. The van der Waals surface area contributed by atoms with Gasteiger partial charge in [-0.1, -0.05) is 98.1 Å². The number of hydrogen-bond donors (Lipinski definition) is 2. The van der Waals surface area contributed by atoms with Gasteiger partial charge in [-0.25, -0.2) is 4.99 Å². The van der Waals surface area contributed by atoms with Gasteiger partial charge in [-0.3, -0.25) is 10.2 Å². The normalized spacial score (nSPS) is 17.5. The van der Waals surface area contributed by atoms with Gasteiger partial charge in [0, 0.05) is 17.7 Å². The van der Waals surface area contributed by atoms with Crippen molar-refractivity contribution >= 4 is 28.5 Å². The summed E-state index contributed by atoms with van der Waals surface area (Å²) in [5.74, 6) is 0.258. The van der Waals surface area contributed by atoms with Crippen LogP contribution in [0.4, 0.5) is 0 Å². The molecule has 2 aromatic carbocycles. The fourth-order valence-electron chi connectivity index (χ4n) is 3.56. The molecule has 2 N–H and O–H groups in total. The molecule has 1 aliphatic heterocycles. The molecule has 0 spiro atoms. The smallest absolute Gasteiger partial charge is 0.233 e. The van der Waals surface area contributed by atoms with E-state index >= 15 is 0 Å². The van der Waals surface area contributed by atoms with Crippen molar-refractivity contribution < 1.29 is 9.53 Å². The van der Waals surface area contributed by atoms with E-state index in [-0.39, 0.29) is 11.7 Å². The van der Waals surface area contributed by atoms with Crippen LogP contribution in [0.15, 0.2) is 58.6 Å². The van der Waals surface area contributed by atoms with E-state index in [1.54, 1.807) is 0 Å². The van der Waals surface area contributed by atoms with E-state index in [1.165, 1.54) is 17.3 Å². The van der Waals surface area contributed by atoms with Gasteiger partial charge >= 0.3 is 0 Å². The summed E-state index contributed by atoms with van der Waals surface area (Å²) in [7, 11) is 0. The molecular formula is C27H36N4O2S. The van der Waals surface area contributed by atoms with Gasteiger partial charge in [0.2, 0.25) is 11.6 Å². The molecule has 0 unspecified atom stereocenters. The fourth-order valence-corrected chi connectivity index (χ4v) is 4.23. The van der Waals surface area contributed by atoms with Gasteiger partial charge in [0.05, 0.1) is 12.4 Å². The molecule has 0 fully saturated rings. The van der Waals surface area contributed by atoms with Crippen LogP contribution in [0.1, 0.15) is 61.8 Å². The van der Waals surface area contributed by atoms with Gasteiger partial charge in [0.1, 0.15) is 5.71 Å². The number of amidine groups is 1. The van der Waals surface area contributed by atoms with E-state index in [4.69, 9.17) is 14.8 Å². The second-order valence-electron chi connectivity index (χ2n) is 8.56. The summed E-state index contributed by atoms with van der Waals surface area (Å²) in [6.45, 7) is 9.62. The van der Waals surface area contributed by atoms with Crippen LogP contribution in [0, 0.1) is 13.8 Å². The first-order valence-electron chi connectivity index (χ1n) is 12.1. The molecule has 1 aliphatic rings. The summed E-state index contributed by atoms with van der Waals surface area (Å²) in [4.78, 5) is 17.3. The zero-order chi connectivity index (χ0) is 24.4. The largest absolute Gasteiger partial charge is 0.355 e. The Hall–Kier alpha value is -2.64. The summed E-state index contributed by atoms with van der Waals surface area (Å²) >= 11 is 1.34. The number of rotatable bonds is 11. The number of nitrogens with one attached hydrogen (secondary N) is 2. The number of ether oxygens (including phenoxy) is 1. The zero-order valence-corrected chi connectivity index (χ0v) is 21.5. The molecule has 0 radical (unpaired) electrons. The maximum Gasteiger partial charge on any atom is 0.233 e. The Kier molecular flexibility index (Phi) is 9.72. The van der Waals surface area contributed by atoms with E-state index in [9.17, 15) is 4.79 Å². The number of aryl methyl sites for hydroxylation is 2. The molecule has 2 aromatic rings. The minimum absolute atomic E-state index is 0.0101. The first kappa shape index (κ1) is 26.0. The standard InChI is InChI=1S/C27H36N4O2S/c1-5-7-17-28-24(32)19-34-26-29-27(33-18-8-6-2,23-15-11-21(4)12-16-23)25(30-31-26)22-13-9-20(3)10-14-22/h9-16H,5-8,17-19H2,1-4H3,(H,28,32)(H,29,31)/t27-/m0/s1. The number of carbonyl (C=O) groups excluding carboxylic acids is 1. The Morgan fingerprint density at radius 3 is 2.29 bits per heavy atom. The number of thioether (sulfide) groups is 1. The van der Waals surface area contributed by atoms with E-state index in [0.717, 1.165) is 42.4 Å². The number of benzene rings is 2. The highest BCUT2D eigenvalue weighted by Crippen LogP contribution is 2.36. The summed E-state index contributed by atoms with van der Waals surface area (Å²) in [5, 5.41) is 8.28. The number of unbranched alkanes of at least 4 members (excludes halogenated alkanes) is 2. The second-order valence-corrected chi connectivity index (χ2v) is 9.52. The highest BCUT2D eigenvalue weighted by atomic mass is 32.2. The molecule has 7 heteroatoms. The van der Waals surface area contributed by atoms with Crippen molar-refractivity contribution in [2.24, 2.45) is 10.1 Å². The maximum atomic E-state index is 12.3. The Labute approximate surface area is 207 Å². The van der Waals surface area contributed by atoms with E-state index in [1.807, 2.05) is 0 Å². The highest BCUT2D eigenvalue weighted by molar-refractivity contribution is 8.14. The van der Waals surface area contributed by atoms with Crippen LogP contribution in [-0.4, -0.2) is 35.7 Å². The van der Waals surface area contributed by atoms with Crippen molar-refractivity contribution in [2.75, 3.05) is 18.9 Å². The molecule has 182 valence electrons. The zero-order valence-electron chi connectivity index (χ0n) is 20.7. The lowest BCUT2D eigenvalue weighted by molar-refractivity contribution is -0.118. The first-order valence-corrected chi connectivity index (χ1v) is 13.1. The molecule has 0 aromatic heterocycles. The molecular weight excluding hydrogens is 444 g/mol. The van der Waals surface area contributed by atoms with Crippen molar-refractivity contribution in [3.8, 4) is 0 Å².